The maximum Gasteiger partial charge on any atom is 0.254 e. The van der Waals surface area contributed by atoms with E-state index in [1.807, 2.05) is 27.7 Å². The molecule has 6 heteroatoms. The quantitative estimate of drug-likeness (QED) is 0.678. The standard InChI is InChI=1S/C18H28FN3O2/c1-5-22(6-2)16(13(3)4)18(24)21-12-11-20-17(23)14-9-7-8-10-15(14)19/h7-10,13,16H,5-6,11-12H2,1-4H3,(H,20,23)(H,21,24). The fraction of sp³-hybridized carbons (Fsp3) is 0.556. The lowest BCUT2D eigenvalue weighted by Crippen LogP contribution is -2.50. The molecule has 1 rings (SSSR count). The van der Waals surface area contributed by atoms with E-state index in [4.69, 9.17) is 0 Å². The number of nitrogens with zero attached hydrogens (tertiary/aromatic N) is 1. The summed E-state index contributed by atoms with van der Waals surface area (Å²) in [6, 6.07) is 5.62. The van der Waals surface area contributed by atoms with Crippen LogP contribution in [0.15, 0.2) is 24.3 Å². The molecule has 2 N–H and O–H groups in total. The summed E-state index contributed by atoms with van der Waals surface area (Å²) < 4.78 is 13.5. The van der Waals surface area contributed by atoms with E-state index in [-0.39, 0.29) is 30.0 Å². The van der Waals surface area contributed by atoms with Gasteiger partial charge >= 0.3 is 0 Å². The number of nitrogens with one attached hydrogen (secondary N) is 2. The molecule has 1 aromatic carbocycles. The number of likely N-dealkylation sites (N-methyl/N-ethyl adjacent to an activating group) is 1. The van der Waals surface area contributed by atoms with Gasteiger partial charge < -0.3 is 10.6 Å². The zero-order valence-corrected chi connectivity index (χ0v) is 14.9. The Morgan fingerprint density at radius 1 is 1.08 bits per heavy atom. The van der Waals surface area contributed by atoms with E-state index < -0.39 is 11.7 Å². The van der Waals surface area contributed by atoms with Gasteiger partial charge in [-0.25, -0.2) is 4.39 Å². The van der Waals surface area contributed by atoms with Crippen molar-refractivity contribution in [1.29, 1.82) is 0 Å². The lowest BCUT2D eigenvalue weighted by atomic mass is 10.0. The number of hydrogen-bond acceptors (Lipinski definition) is 3. The van der Waals surface area contributed by atoms with E-state index in [1.54, 1.807) is 6.07 Å². The summed E-state index contributed by atoms with van der Waals surface area (Å²) >= 11 is 0. The first kappa shape index (κ1) is 20.1. The third-order valence-corrected chi connectivity index (χ3v) is 3.93. The van der Waals surface area contributed by atoms with Gasteiger partial charge in [0.1, 0.15) is 5.82 Å². The van der Waals surface area contributed by atoms with Gasteiger partial charge in [-0.3, -0.25) is 14.5 Å². The highest BCUT2D eigenvalue weighted by Gasteiger charge is 2.26. The molecule has 0 radical (unpaired) electrons. The summed E-state index contributed by atoms with van der Waals surface area (Å²) in [5.74, 6) is -0.890. The van der Waals surface area contributed by atoms with E-state index in [2.05, 4.69) is 15.5 Å². The van der Waals surface area contributed by atoms with Crippen molar-refractivity contribution in [3.8, 4) is 0 Å². The fourth-order valence-electron chi connectivity index (χ4n) is 2.71. The molecule has 134 valence electrons. The van der Waals surface area contributed by atoms with Crippen molar-refractivity contribution in [2.45, 2.75) is 33.7 Å². The number of carbonyl (C=O) groups excluding carboxylic acids is 2. The highest BCUT2D eigenvalue weighted by Crippen LogP contribution is 2.10. The SMILES string of the molecule is CCN(CC)C(C(=O)NCCNC(=O)c1ccccc1F)C(C)C. The Labute approximate surface area is 143 Å². The maximum absolute atomic E-state index is 13.5. The molecule has 5 nitrogen and oxygen atoms in total. The first-order valence-corrected chi connectivity index (χ1v) is 8.46. The Hall–Kier alpha value is -1.95. The van der Waals surface area contributed by atoms with Gasteiger partial charge in [-0.1, -0.05) is 39.8 Å². The van der Waals surface area contributed by atoms with E-state index in [0.29, 0.717) is 6.54 Å². The van der Waals surface area contributed by atoms with E-state index in [1.165, 1.54) is 18.2 Å². The molecular weight excluding hydrogens is 309 g/mol. The molecule has 0 saturated heterocycles. The summed E-state index contributed by atoms with van der Waals surface area (Å²) in [4.78, 5) is 26.4. The van der Waals surface area contributed by atoms with Crippen LogP contribution in [0.25, 0.3) is 0 Å². The minimum absolute atomic E-state index is 0.00650. The molecule has 0 bridgehead atoms. The normalized spacial score (nSPS) is 12.3. The highest BCUT2D eigenvalue weighted by atomic mass is 19.1. The molecule has 0 fully saturated rings. The van der Waals surface area contributed by atoms with Gasteiger partial charge in [-0.05, 0) is 31.1 Å². The van der Waals surface area contributed by atoms with Crippen LogP contribution in [0.2, 0.25) is 0 Å². The van der Waals surface area contributed by atoms with Gasteiger partial charge in [0.15, 0.2) is 0 Å². The van der Waals surface area contributed by atoms with Crippen LogP contribution in [0.5, 0.6) is 0 Å². The Kier molecular flexibility index (Phi) is 8.40. The number of rotatable bonds is 9. The van der Waals surface area contributed by atoms with E-state index >= 15 is 0 Å². The summed E-state index contributed by atoms with van der Waals surface area (Å²) in [5.41, 5.74) is 0.00650. The molecule has 0 aromatic heterocycles. The Balaban J connectivity index is 2.47. The molecule has 0 aliphatic carbocycles. The number of halogens is 1. The summed E-state index contributed by atoms with van der Waals surface area (Å²) in [6.07, 6.45) is 0. The van der Waals surface area contributed by atoms with Crippen LogP contribution in [0.1, 0.15) is 38.1 Å². The first-order chi connectivity index (χ1) is 11.4. The average molecular weight is 337 g/mol. The molecule has 24 heavy (non-hydrogen) atoms. The molecule has 0 aliphatic rings. The zero-order chi connectivity index (χ0) is 18.1. The predicted octanol–water partition coefficient (Wildman–Crippen LogP) is 2.04. The van der Waals surface area contributed by atoms with Crippen LogP contribution in [-0.2, 0) is 4.79 Å². The second-order valence-electron chi connectivity index (χ2n) is 5.94. The van der Waals surface area contributed by atoms with E-state index in [0.717, 1.165) is 13.1 Å². The minimum Gasteiger partial charge on any atom is -0.353 e. The topological polar surface area (TPSA) is 61.4 Å². The van der Waals surface area contributed by atoms with Crippen LogP contribution in [-0.4, -0.2) is 48.9 Å². The molecule has 0 spiro atoms. The highest BCUT2D eigenvalue weighted by molar-refractivity contribution is 5.94. The zero-order valence-electron chi connectivity index (χ0n) is 14.9. The Morgan fingerprint density at radius 2 is 1.67 bits per heavy atom. The minimum atomic E-state index is -0.555. The average Bonchev–Trinajstić information content (AvgIpc) is 2.56. The molecule has 0 aliphatic heterocycles. The summed E-state index contributed by atoms with van der Waals surface area (Å²) in [5, 5.41) is 5.46. The number of benzene rings is 1. The number of carbonyl (C=O) groups is 2. The van der Waals surface area contributed by atoms with Crippen molar-refractivity contribution in [3.05, 3.63) is 35.6 Å². The van der Waals surface area contributed by atoms with Crippen LogP contribution in [0.3, 0.4) is 0 Å². The summed E-state index contributed by atoms with van der Waals surface area (Å²) in [7, 11) is 0. The molecule has 0 saturated carbocycles. The van der Waals surface area contributed by atoms with E-state index in [9.17, 15) is 14.0 Å². The predicted molar refractivity (Wildman–Crippen MR) is 93.3 cm³/mol. The van der Waals surface area contributed by atoms with Gasteiger partial charge in [0.05, 0.1) is 11.6 Å². The number of amides is 2. The Bertz CT molecular complexity index is 545. The van der Waals surface area contributed by atoms with Gasteiger partial charge in [0.2, 0.25) is 5.91 Å². The third kappa shape index (κ3) is 5.60. The third-order valence-electron chi connectivity index (χ3n) is 3.93. The lowest BCUT2D eigenvalue weighted by Gasteiger charge is -2.31. The Morgan fingerprint density at radius 3 is 2.21 bits per heavy atom. The van der Waals surface area contributed by atoms with Crippen molar-refractivity contribution in [2.75, 3.05) is 26.2 Å². The van der Waals surface area contributed by atoms with Crippen LogP contribution >= 0.6 is 0 Å². The molecule has 1 aromatic rings. The van der Waals surface area contributed by atoms with Crippen LogP contribution in [0, 0.1) is 11.7 Å². The summed E-state index contributed by atoms with van der Waals surface area (Å²) in [6.45, 7) is 10.3. The molecule has 1 unspecified atom stereocenters. The second kappa shape index (κ2) is 10.0. The maximum atomic E-state index is 13.5. The fourth-order valence-corrected chi connectivity index (χ4v) is 2.71. The van der Waals surface area contributed by atoms with Crippen molar-refractivity contribution in [3.63, 3.8) is 0 Å². The van der Waals surface area contributed by atoms with Gasteiger partial charge in [0, 0.05) is 13.1 Å². The van der Waals surface area contributed by atoms with Crippen molar-refractivity contribution >= 4 is 11.8 Å². The van der Waals surface area contributed by atoms with Gasteiger partial charge in [-0.15, -0.1) is 0 Å². The van der Waals surface area contributed by atoms with Gasteiger partial charge in [-0.2, -0.15) is 0 Å². The monoisotopic (exact) mass is 337 g/mol. The van der Waals surface area contributed by atoms with Crippen LogP contribution < -0.4 is 10.6 Å². The van der Waals surface area contributed by atoms with Crippen molar-refractivity contribution in [1.82, 2.24) is 15.5 Å². The van der Waals surface area contributed by atoms with Crippen LogP contribution in [0.4, 0.5) is 4.39 Å². The second-order valence-corrected chi connectivity index (χ2v) is 5.94. The van der Waals surface area contributed by atoms with Crippen molar-refractivity contribution in [2.24, 2.45) is 5.92 Å². The lowest BCUT2D eigenvalue weighted by molar-refractivity contribution is -0.127. The van der Waals surface area contributed by atoms with Gasteiger partial charge in [0.25, 0.3) is 5.91 Å². The molecule has 0 heterocycles. The molecular formula is C18H28FN3O2. The smallest absolute Gasteiger partial charge is 0.254 e. The first-order valence-electron chi connectivity index (χ1n) is 8.46. The van der Waals surface area contributed by atoms with Crippen molar-refractivity contribution < 1.29 is 14.0 Å². The number of hydrogen-bond donors (Lipinski definition) is 2. The largest absolute Gasteiger partial charge is 0.353 e. The molecule has 1 atom stereocenters. The molecule has 2 amide bonds.